The Bertz CT molecular complexity index is 1220. The number of hydrogen-bond acceptors (Lipinski definition) is 4. The van der Waals surface area contributed by atoms with Gasteiger partial charge in [-0.05, 0) is 43.6 Å². The largest absolute Gasteiger partial charge is 0.416 e. The molecule has 0 aliphatic carbocycles. The van der Waals surface area contributed by atoms with Crippen LogP contribution in [0.4, 0.5) is 13.2 Å². The lowest BCUT2D eigenvalue weighted by molar-refractivity contribution is -0.137. The first kappa shape index (κ1) is 23.0. The van der Waals surface area contributed by atoms with Crippen LogP contribution in [0.1, 0.15) is 30.9 Å². The minimum Gasteiger partial charge on any atom is -0.302 e. The normalized spacial score (nSPS) is 19.2. The molecule has 33 heavy (non-hydrogen) atoms. The lowest BCUT2D eigenvalue weighted by atomic mass is 9.81. The summed E-state index contributed by atoms with van der Waals surface area (Å²) in [6.45, 7) is 4.67. The van der Waals surface area contributed by atoms with Gasteiger partial charge in [-0.1, -0.05) is 49.4 Å². The van der Waals surface area contributed by atoms with Crippen LogP contribution in [0.3, 0.4) is 0 Å². The second-order valence-corrected chi connectivity index (χ2v) is 8.71. The number of H-pyrrole nitrogens is 1. The lowest BCUT2D eigenvalue weighted by Crippen LogP contribution is -2.35. The third-order valence-corrected chi connectivity index (χ3v) is 6.24. The third-order valence-electron chi connectivity index (χ3n) is 6.24. The van der Waals surface area contributed by atoms with Crippen LogP contribution in [0, 0.1) is 0 Å². The molecule has 1 aromatic heterocycles. The van der Waals surface area contributed by atoms with Crippen molar-refractivity contribution in [1.29, 1.82) is 0 Å². The summed E-state index contributed by atoms with van der Waals surface area (Å²) in [6, 6.07) is 14.4. The highest BCUT2D eigenvalue weighted by atomic mass is 19.4. The number of likely N-dealkylation sites (tertiary alicyclic amines) is 1. The number of halogens is 3. The fraction of sp³-hybridized carbons (Fsp3) is 0.375. The molecule has 3 aromatic rings. The van der Waals surface area contributed by atoms with E-state index < -0.39 is 23.0 Å². The van der Waals surface area contributed by atoms with Crippen molar-refractivity contribution in [3.05, 3.63) is 86.6 Å². The van der Waals surface area contributed by atoms with E-state index in [4.69, 9.17) is 0 Å². The topological polar surface area (TPSA) is 71.0 Å². The molecule has 1 aliphatic rings. The molecule has 6 nitrogen and oxygen atoms in total. The summed E-state index contributed by atoms with van der Waals surface area (Å²) < 4.78 is 39.8. The zero-order valence-electron chi connectivity index (χ0n) is 18.2. The number of benzene rings is 2. The molecule has 9 heteroatoms. The van der Waals surface area contributed by atoms with Gasteiger partial charge in [0.2, 0.25) is 0 Å². The van der Waals surface area contributed by atoms with Gasteiger partial charge in [0.05, 0.1) is 5.56 Å². The summed E-state index contributed by atoms with van der Waals surface area (Å²) in [7, 11) is 0. The molecule has 1 saturated heterocycles. The predicted octanol–water partition coefficient (Wildman–Crippen LogP) is 3.67. The van der Waals surface area contributed by atoms with Gasteiger partial charge in [-0.15, -0.1) is 0 Å². The van der Waals surface area contributed by atoms with E-state index in [1.54, 1.807) is 36.4 Å². The van der Waals surface area contributed by atoms with Crippen molar-refractivity contribution >= 4 is 0 Å². The average Bonchev–Trinajstić information content (AvgIpc) is 3.17. The highest BCUT2D eigenvalue weighted by molar-refractivity contribution is 5.56. The quantitative estimate of drug-likeness (QED) is 0.612. The Balaban J connectivity index is 1.38. The molecule has 4 rings (SSSR count). The van der Waals surface area contributed by atoms with Crippen LogP contribution in [0.2, 0.25) is 0 Å². The molecule has 1 atom stereocenters. The Morgan fingerprint density at radius 3 is 2.39 bits per heavy atom. The van der Waals surface area contributed by atoms with Gasteiger partial charge in [-0.3, -0.25) is 9.78 Å². The first-order valence-corrected chi connectivity index (χ1v) is 10.8. The van der Waals surface area contributed by atoms with E-state index in [1.165, 1.54) is 4.68 Å². The Kier molecular flexibility index (Phi) is 6.25. The number of aryl methyl sites for hydroxylation is 1. The highest BCUT2D eigenvalue weighted by Gasteiger charge is 2.36. The zero-order chi connectivity index (χ0) is 23.6. The minimum atomic E-state index is -4.34. The van der Waals surface area contributed by atoms with Crippen molar-refractivity contribution in [3.63, 3.8) is 0 Å². The van der Waals surface area contributed by atoms with Crippen LogP contribution in [-0.4, -0.2) is 39.3 Å². The molecule has 0 bridgehead atoms. The number of aromatic amines is 1. The van der Waals surface area contributed by atoms with Crippen LogP contribution in [0.15, 0.2) is 64.2 Å². The Labute approximate surface area is 188 Å². The highest BCUT2D eigenvalue weighted by Crippen LogP contribution is 2.36. The molecule has 174 valence electrons. The van der Waals surface area contributed by atoms with Crippen molar-refractivity contribution in [2.24, 2.45) is 0 Å². The molecule has 1 fully saturated rings. The number of aromatic nitrogens is 3. The molecular weight excluding hydrogens is 433 g/mol. The zero-order valence-corrected chi connectivity index (χ0v) is 18.2. The summed E-state index contributed by atoms with van der Waals surface area (Å²) in [5.41, 5.74) is -0.199. The maximum Gasteiger partial charge on any atom is 0.416 e. The second kappa shape index (κ2) is 8.97. The van der Waals surface area contributed by atoms with E-state index in [2.05, 4.69) is 21.9 Å². The van der Waals surface area contributed by atoms with Gasteiger partial charge >= 0.3 is 11.9 Å². The average molecular weight is 458 g/mol. The first-order valence-electron chi connectivity index (χ1n) is 10.8. The fourth-order valence-corrected chi connectivity index (χ4v) is 4.36. The summed E-state index contributed by atoms with van der Waals surface area (Å²) in [6.07, 6.45) is -2.85. The van der Waals surface area contributed by atoms with Gasteiger partial charge in [0, 0.05) is 24.1 Å². The Morgan fingerprint density at radius 2 is 1.73 bits per heavy atom. The van der Waals surface area contributed by atoms with E-state index in [0.717, 1.165) is 37.2 Å². The fourth-order valence-electron chi connectivity index (χ4n) is 4.36. The van der Waals surface area contributed by atoms with Gasteiger partial charge < -0.3 is 4.90 Å². The summed E-state index contributed by atoms with van der Waals surface area (Å²) >= 11 is 0. The van der Waals surface area contributed by atoms with Gasteiger partial charge in [0.25, 0.3) is 5.56 Å². The summed E-state index contributed by atoms with van der Waals surface area (Å²) in [5, 5.41) is 4.26. The molecule has 0 amide bonds. The van der Waals surface area contributed by atoms with Crippen molar-refractivity contribution in [1.82, 2.24) is 19.7 Å². The molecule has 2 heterocycles. The Morgan fingerprint density at radius 1 is 1.03 bits per heavy atom. The van der Waals surface area contributed by atoms with Gasteiger partial charge in [-0.2, -0.15) is 18.3 Å². The first-order chi connectivity index (χ1) is 15.7. The summed E-state index contributed by atoms with van der Waals surface area (Å²) in [5.74, 6) is 0. The standard InChI is InChI=1S/C24H25F3N4O2/c1-23(18-8-10-19(11-9-18)24(25,26)27)12-15-30(16-23)13-5-14-31-22(33)28-21(32)20(29-31)17-6-3-2-4-7-17/h2-4,6-11H,5,12-16H2,1H3,(H,28,32,33)/t23-/m0/s1. The van der Waals surface area contributed by atoms with Gasteiger partial charge in [-0.25, -0.2) is 9.48 Å². The van der Waals surface area contributed by atoms with Gasteiger partial charge in [0.15, 0.2) is 5.69 Å². The van der Waals surface area contributed by atoms with Crippen molar-refractivity contribution in [2.75, 3.05) is 19.6 Å². The number of hydrogen-bond donors (Lipinski definition) is 1. The second-order valence-electron chi connectivity index (χ2n) is 8.71. The molecule has 0 unspecified atom stereocenters. The van der Waals surface area contributed by atoms with E-state index in [9.17, 15) is 22.8 Å². The van der Waals surface area contributed by atoms with Crippen LogP contribution >= 0.6 is 0 Å². The molecule has 0 radical (unpaired) electrons. The number of rotatable bonds is 6. The van der Waals surface area contributed by atoms with Crippen LogP contribution in [0.5, 0.6) is 0 Å². The monoisotopic (exact) mass is 458 g/mol. The maximum absolute atomic E-state index is 12.8. The molecular formula is C24H25F3N4O2. The molecule has 0 spiro atoms. The van der Waals surface area contributed by atoms with Gasteiger partial charge in [0.1, 0.15) is 0 Å². The molecule has 1 N–H and O–H groups in total. The predicted molar refractivity (Wildman–Crippen MR) is 119 cm³/mol. The smallest absolute Gasteiger partial charge is 0.302 e. The van der Waals surface area contributed by atoms with Crippen molar-refractivity contribution in [2.45, 2.75) is 37.9 Å². The van der Waals surface area contributed by atoms with Crippen LogP contribution in [-0.2, 0) is 18.1 Å². The number of alkyl halides is 3. The molecule has 1 aliphatic heterocycles. The molecule has 2 aromatic carbocycles. The van der Waals surface area contributed by atoms with Crippen LogP contribution in [0.25, 0.3) is 11.3 Å². The maximum atomic E-state index is 12.8. The third kappa shape index (κ3) is 5.08. The van der Waals surface area contributed by atoms with Crippen LogP contribution < -0.4 is 11.2 Å². The van der Waals surface area contributed by atoms with Crippen molar-refractivity contribution < 1.29 is 13.2 Å². The summed E-state index contributed by atoms with van der Waals surface area (Å²) in [4.78, 5) is 28.9. The van der Waals surface area contributed by atoms with E-state index in [0.29, 0.717) is 25.1 Å². The number of nitrogens with zero attached hydrogens (tertiary/aromatic N) is 3. The Hall–Kier alpha value is -3.20. The van der Waals surface area contributed by atoms with Crippen molar-refractivity contribution in [3.8, 4) is 11.3 Å². The van der Waals surface area contributed by atoms with E-state index in [-0.39, 0.29) is 11.1 Å². The lowest BCUT2D eigenvalue weighted by Gasteiger charge is -2.26. The van der Waals surface area contributed by atoms with E-state index >= 15 is 0 Å². The number of nitrogens with one attached hydrogen (secondary N) is 1. The molecule has 0 saturated carbocycles. The SMILES string of the molecule is C[C@]1(c2ccc(C(F)(F)F)cc2)CCN(CCCn2nc(-c3ccccc3)c(=O)[nH]c2=O)C1. The minimum absolute atomic E-state index is 0.200. The van der Waals surface area contributed by atoms with E-state index in [1.807, 2.05) is 6.07 Å².